The van der Waals surface area contributed by atoms with Crippen LogP contribution in [0.4, 0.5) is 0 Å². The predicted octanol–water partition coefficient (Wildman–Crippen LogP) is 3.14. The largest absolute Gasteiger partial charge is 0.484 e. The second kappa shape index (κ2) is 7.53. The number of alkyl halides is 1. The van der Waals surface area contributed by atoms with E-state index in [4.69, 9.17) is 4.74 Å². The van der Waals surface area contributed by atoms with Gasteiger partial charge >= 0.3 is 0 Å². The molecule has 2 rings (SSSR count). The summed E-state index contributed by atoms with van der Waals surface area (Å²) in [5.41, 5.74) is 0. The van der Waals surface area contributed by atoms with E-state index in [1.807, 2.05) is 30.3 Å². The first kappa shape index (κ1) is 14.4. The van der Waals surface area contributed by atoms with Crippen molar-refractivity contribution in [1.29, 1.82) is 0 Å². The van der Waals surface area contributed by atoms with Gasteiger partial charge in [-0.25, -0.2) is 0 Å². The van der Waals surface area contributed by atoms with Crippen LogP contribution in [0.3, 0.4) is 0 Å². The first-order chi connectivity index (χ1) is 9.24. The fourth-order valence-corrected chi connectivity index (χ4v) is 3.24. The summed E-state index contributed by atoms with van der Waals surface area (Å²) in [6.45, 7) is 0.855. The normalized spacial score (nSPS) is 22.8. The molecule has 0 heterocycles. The van der Waals surface area contributed by atoms with E-state index in [2.05, 4.69) is 21.2 Å². The number of hydrogen-bond donors (Lipinski definition) is 1. The van der Waals surface area contributed by atoms with Gasteiger partial charge in [0.15, 0.2) is 6.61 Å². The summed E-state index contributed by atoms with van der Waals surface area (Å²) < 4.78 is 5.41. The minimum atomic E-state index is -0.0412. The van der Waals surface area contributed by atoms with E-state index >= 15 is 0 Å². The molecular weight excluding hydrogens is 306 g/mol. The Kier molecular flexibility index (Phi) is 5.70. The third-order valence-corrected chi connectivity index (χ3v) is 4.25. The molecule has 2 unspecified atom stereocenters. The van der Waals surface area contributed by atoms with Crippen LogP contribution in [0.1, 0.15) is 25.7 Å². The minimum Gasteiger partial charge on any atom is -0.484 e. The Hall–Kier alpha value is -1.03. The molecule has 0 radical (unpaired) electrons. The molecular formula is C15H20BrNO2. The van der Waals surface area contributed by atoms with Crippen molar-refractivity contribution in [2.24, 2.45) is 5.92 Å². The molecule has 1 aromatic rings. The molecule has 1 aliphatic rings. The summed E-state index contributed by atoms with van der Waals surface area (Å²) in [6.07, 6.45) is 4.86. The molecule has 3 nitrogen and oxygen atoms in total. The van der Waals surface area contributed by atoms with E-state index in [1.54, 1.807) is 0 Å². The van der Waals surface area contributed by atoms with Gasteiger partial charge in [0, 0.05) is 11.4 Å². The number of ether oxygens (including phenoxy) is 1. The van der Waals surface area contributed by atoms with Gasteiger partial charge in [-0.3, -0.25) is 4.79 Å². The maximum absolute atomic E-state index is 11.7. The monoisotopic (exact) mass is 325 g/mol. The molecule has 0 bridgehead atoms. The lowest BCUT2D eigenvalue weighted by Gasteiger charge is -2.25. The molecule has 2 atom stereocenters. The number of carbonyl (C=O) groups is 1. The SMILES string of the molecule is O=C(COc1ccccc1)NCC1CCCC(Br)C1. The highest BCUT2D eigenvalue weighted by atomic mass is 79.9. The maximum Gasteiger partial charge on any atom is 0.257 e. The van der Waals surface area contributed by atoms with E-state index < -0.39 is 0 Å². The van der Waals surface area contributed by atoms with E-state index in [0.29, 0.717) is 10.7 Å². The Balaban J connectivity index is 1.64. The lowest BCUT2D eigenvalue weighted by atomic mass is 9.89. The summed E-state index contributed by atoms with van der Waals surface area (Å²) in [5.74, 6) is 1.29. The van der Waals surface area contributed by atoms with Gasteiger partial charge < -0.3 is 10.1 Å². The average Bonchev–Trinajstić information content (AvgIpc) is 2.44. The second-order valence-corrected chi connectivity index (χ2v) is 6.33. The molecule has 19 heavy (non-hydrogen) atoms. The van der Waals surface area contributed by atoms with Crippen molar-refractivity contribution >= 4 is 21.8 Å². The Bertz CT molecular complexity index is 396. The third kappa shape index (κ3) is 5.23. The van der Waals surface area contributed by atoms with Crippen molar-refractivity contribution in [2.75, 3.05) is 13.2 Å². The molecule has 0 aromatic heterocycles. The molecule has 1 N–H and O–H groups in total. The number of para-hydroxylation sites is 1. The molecule has 0 saturated heterocycles. The van der Waals surface area contributed by atoms with Crippen LogP contribution in [0.2, 0.25) is 0 Å². The molecule has 1 aliphatic carbocycles. The van der Waals surface area contributed by atoms with E-state index in [9.17, 15) is 4.79 Å². The summed E-state index contributed by atoms with van der Waals surface area (Å²) in [7, 11) is 0. The zero-order valence-corrected chi connectivity index (χ0v) is 12.6. The van der Waals surface area contributed by atoms with Gasteiger partial charge in [0.25, 0.3) is 5.91 Å². The molecule has 1 saturated carbocycles. The molecule has 0 spiro atoms. The van der Waals surface area contributed by atoms with Crippen LogP contribution < -0.4 is 10.1 Å². The minimum absolute atomic E-state index is 0.0412. The van der Waals surface area contributed by atoms with Crippen molar-refractivity contribution in [3.8, 4) is 5.75 Å². The Morgan fingerprint density at radius 3 is 2.84 bits per heavy atom. The number of halogens is 1. The van der Waals surface area contributed by atoms with Crippen LogP contribution in [-0.4, -0.2) is 23.9 Å². The molecule has 1 aromatic carbocycles. The molecule has 104 valence electrons. The van der Waals surface area contributed by atoms with Gasteiger partial charge in [0.05, 0.1) is 0 Å². The lowest BCUT2D eigenvalue weighted by Crippen LogP contribution is -2.34. The molecule has 1 fully saturated rings. The van der Waals surface area contributed by atoms with Crippen LogP contribution in [0, 0.1) is 5.92 Å². The molecule has 1 amide bonds. The van der Waals surface area contributed by atoms with Gasteiger partial charge in [-0.05, 0) is 37.3 Å². The standard InChI is InChI=1S/C15H20BrNO2/c16-13-6-4-5-12(9-13)10-17-15(18)11-19-14-7-2-1-3-8-14/h1-3,7-8,12-13H,4-6,9-11H2,(H,17,18). The number of nitrogens with one attached hydrogen (secondary N) is 1. The first-order valence-corrected chi connectivity index (χ1v) is 7.74. The van der Waals surface area contributed by atoms with Gasteiger partial charge in [-0.15, -0.1) is 0 Å². The number of benzene rings is 1. The number of carbonyl (C=O) groups excluding carboxylic acids is 1. The summed E-state index contributed by atoms with van der Waals surface area (Å²) in [4.78, 5) is 12.3. The van der Waals surface area contributed by atoms with E-state index in [0.717, 1.165) is 18.7 Å². The number of amides is 1. The van der Waals surface area contributed by atoms with E-state index in [1.165, 1.54) is 19.3 Å². The van der Waals surface area contributed by atoms with Crippen molar-refractivity contribution in [1.82, 2.24) is 5.32 Å². The van der Waals surface area contributed by atoms with Crippen LogP contribution in [0.15, 0.2) is 30.3 Å². The molecule has 0 aliphatic heterocycles. The summed E-state index contributed by atoms with van der Waals surface area (Å²) in [6, 6.07) is 9.41. The van der Waals surface area contributed by atoms with Gasteiger partial charge in [0.1, 0.15) is 5.75 Å². The lowest BCUT2D eigenvalue weighted by molar-refractivity contribution is -0.123. The third-order valence-electron chi connectivity index (χ3n) is 3.42. The smallest absolute Gasteiger partial charge is 0.257 e. The first-order valence-electron chi connectivity index (χ1n) is 6.82. The average molecular weight is 326 g/mol. The van der Waals surface area contributed by atoms with Crippen LogP contribution in [0.5, 0.6) is 5.75 Å². The Morgan fingerprint density at radius 1 is 1.32 bits per heavy atom. The fraction of sp³-hybridized carbons (Fsp3) is 0.533. The zero-order chi connectivity index (χ0) is 13.5. The highest BCUT2D eigenvalue weighted by molar-refractivity contribution is 9.09. The van der Waals surface area contributed by atoms with Crippen LogP contribution >= 0.6 is 15.9 Å². The van der Waals surface area contributed by atoms with Crippen LogP contribution in [0.25, 0.3) is 0 Å². The van der Waals surface area contributed by atoms with Gasteiger partial charge in [-0.2, -0.15) is 0 Å². The summed E-state index contributed by atoms with van der Waals surface area (Å²) >= 11 is 3.66. The van der Waals surface area contributed by atoms with Crippen LogP contribution in [-0.2, 0) is 4.79 Å². The highest BCUT2D eigenvalue weighted by Gasteiger charge is 2.20. The van der Waals surface area contributed by atoms with Gasteiger partial charge in [-0.1, -0.05) is 40.5 Å². The zero-order valence-electron chi connectivity index (χ0n) is 11.0. The second-order valence-electron chi connectivity index (χ2n) is 5.04. The molecule has 4 heteroatoms. The van der Waals surface area contributed by atoms with Crippen molar-refractivity contribution in [2.45, 2.75) is 30.5 Å². The van der Waals surface area contributed by atoms with Crippen molar-refractivity contribution < 1.29 is 9.53 Å². The van der Waals surface area contributed by atoms with E-state index in [-0.39, 0.29) is 12.5 Å². The quantitative estimate of drug-likeness (QED) is 0.844. The predicted molar refractivity (Wildman–Crippen MR) is 79.6 cm³/mol. The fourth-order valence-electron chi connectivity index (χ4n) is 2.39. The Labute approximate surface area is 122 Å². The topological polar surface area (TPSA) is 38.3 Å². The number of hydrogen-bond acceptors (Lipinski definition) is 2. The number of rotatable bonds is 5. The van der Waals surface area contributed by atoms with Gasteiger partial charge in [0.2, 0.25) is 0 Å². The summed E-state index contributed by atoms with van der Waals surface area (Å²) in [5, 5.41) is 2.96. The highest BCUT2D eigenvalue weighted by Crippen LogP contribution is 2.28. The maximum atomic E-state index is 11.7. The van der Waals surface area contributed by atoms with Crippen molar-refractivity contribution in [3.05, 3.63) is 30.3 Å². The van der Waals surface area contributed by atoms with Crippen molar-refractivity contribution in [3.63, 3.8) is 0 Å². The Morgan fingerprint density at radius 2 is 2.11 bits per heavy atom.